The van der Waals surface area contributed by atoms with E-state index in [1.807, 2.05) is 24.8 Å². The summed E-state index contributed by atoms with van der Waals surface area (Å²) < 4.78 is 11.1. The lowest BCUT2D eigenvalue weighted by molar-refractivity contribution is -0.123. The maximum Gasteiger partial charge on any atom is 0.231 e. The predicted octanol–water partition coefficient (Wildman–Crippen LogP) is 2.78. The number of amides is 1. The van der Waals surface area contributed by atoms with Crippen LogP contribution in [-0.4, -0.2) is 30.7 Å². The second kappa shape index (κ2) is 5.96. The Labute approximate surface area is 126 Å². The summed E-state index contributed by atoms with van der Waals surface area (Å²) in [6.45, 7) is 5.24. The first kappa shape index (κ1) is 14.2. The number of carbonyl (C=O) groups is 1. The van der Waals surface area contributed by atoms with E-state index in [4.69, 9.17) is 9.47 Å². The fraction of sp³-hybridized carbons (Fsp3) is 0.588. The Morgan fingerprint density at radius 2 is 2.10 bits per heavy atom. The van der Waals surface area contributed by atoms with Crippen molar-refractivity contribution in [2.24, 2.45) is 5.92 Å². The first-order valence-electron chi connectivity index (χ1n) is 7.98. The molecule has 0 N–H and O–H groups in total. The van der Waals surface area contributed by atoms with Crippen LogP contribution in [0.15, 0.2) is 12.1 Å². The molecule has 1 amide bonds. The van der Waals surface area contributed by atoms with Crippen LogP contribution in [0.3, 0.4) is 0 Å². The van der Waals surface area contributed by atoms with Crippen molar-refractivity contribution in [1.82, 2.24) is 4.90 Å². The summed E-state index contributed by atoms with van der Waals surface area (Å²) in [5.41, 5.74) is 2.63. The van der Waals surface area contributed by atoms with Crippen molar-refractivity contribution in [3.05, 3.63) is 23.3 Å². The molecule has 2 heterocycles. The predicted molar refractivity (Wildman–Crippen MR) is 80.6 cm³/mol. The van der Waals surface area contributed by atoms with Gasteiger partial charge in [0.1, 0.15) is 0 Å². The van der Waals surface area contributed by atoms with Crippen molar-refractivity contribution in [2.45, 2.75) is 45.6 Å². The van der Waals surface area contributed by atoms with Crippen molar-refractivity contribution in [3.63, 3.8) is 0 Å². The van der Waals surface area contributed by atoms with E-state index in [0.717, 1.165) is 43.7 Å². The van der Waals surface area contributed by atoms with Gasteiger partial charge in [-0.15, -0.1) is 0 Å². The zero-order chi connectivity index (χ0) is 14.8. The molecule has 0 saturated carbocycles. The van der Waals surface area contributed by atoms with Crippen LogP contribution in [0, 0.1) is 5.92 Å². The molecule has 1 aliphatic carbocycles. The van der Waals surface area contributed by atoms with Crippen molar-refractivity contribution in [3.8, 4) is 11.5 Å². The first-order chi connectivity index (χ1) is 10.4. The fourth-order valence-corrected chi connectivity index (χ4v) is 3.79. The Kier molecular flexibility index (Phi) is 4.04. The van der Waals surface area contributed by atoms with Crippen molar-refractivity contribution in [1.29, 1.82) is 0 Å². The average Bonchev–Trinajstić information content (AvgIpc) is 3.03. The molecule has 1 saturated heterocycles. The van der Waals surface area contributed by atoms with Gasteiger partial charge in [-0.05, 0) is 43.2 Å². The quantitative estimate of drug-likeness (QED) is 0.746. The molecule has 0 bridgehead atoms. The van der Waals surface area contributed by atoms with Gasteiger partial charge in [-0.1, -0.05) is 19.9 Å². The molecule has 2 atom stereocenters. The first-order valence-corrected chi connectivity index (χ1v) is 7.98. The number of carbonyl (C=O) groups excluding carboxylic acids is 1. The second-order valence-corrected chi connectivity index (χ2v) is 5.66. The van der Waals surface area contributed by atoms with E-state index >= 15 is 0 Å². The van der Waals surface area contributed by atoms with Crippen LogP contribution < -0.4 is 9.47 Å². The molecule has 0 aromatic heterocycles. The number of benzene rings is 1. The third-order valence-electron chi connectivity index (χ3n) is 4.73. The van der Waals surface area contributed by atoms with Gasteiger partial charge in [0.25, 0.3) is 0 Å². The van der Waals surface area contributed by atoms with Crippen molar-refractivity contribution in [2.75, 3.05) is 13.3 Å². The number of ether oxygens (including phenoxy) is 2. The zero-order valence-corrected chi connectivity index (χ0v) is 12.8. The van der Waals surface area contributed by atoms with Gasteiger partial charge in [-0.25, -0.2) is 0 Å². The Hall–Kier alpha value is -1.71. The number of piperidine rings is 1. The Morgan fingerprint density at radius 3 is 2.90 bits per heavy atom. The van der Waals surface area contributed by atoms with Gasteiger partial charge < -0.3 is 14.4 Å². The van der Waals surface area contributed by atoms with Gasteiger partial charge in [0, 0.05) is 18.2 Å². The minimum absolute atomic E-state index is 0.334. The highest BCUT2D eigenvalue weighted by atomic mass is 16.7. The highest BCUT2D eigenvalue weighted by Gasteiger charge is 2.37. The molecule has 1 aromatic carbocycles. The van der Waals surface area contributed by atoms with Gasteiger partial charge >= 0.3 is 0 Å². The van der Waals surface area contributed by atoms with Crippen molar-refractivity contribution >= 4 is 6.41 Å². The van der Waals surface area contributed by atoms with Gasteiger partial charge in [-0.2, -0.15) is 0 Å². The normalized spacial score (nSPS) is 25.3. The number of rotatable bonds is 1. The molecule has 2 unspecified atom stereocenters. The van der Waals surface area contributed by atoms with Crippen LogP contribution in [0.1, 0.15) is 37.8 Å². The topological polar surface area (TPSA) is 38.8 Å². The molecule has 114 valence electrons. The third-order valence-corrected chi connectivity index (χ3v) is 4.73. The van der Waals surface area contributed by atoms with Gasteiger partial charge in [-0.3, -0.25) is 4.79 Å². The largest absolute Gasteiger partial charge is 0.454 e. The van der Waals surface area contributed by atoms with E-state index in [9.17, 15) is 4.79 Å². The minimum Gasteiger partial charge on any atom is -0.454 e. The Balaban J connectivity index is 0.000000636. The van der Waals surface area contributed by atoms with Crippen LogP contribution in [-0.2, 0) is 17.6 Å². The summed E-state index contributed by atoms with van der Waals surface area (Å²) >= 11 is 0. The SMILES string of the molecule is CC.O=CN1CCCC2Cc3c(ccc4c3OCO4)CC21. The second-order valence-electron chi connectivity index (χ2n) is 5.66. The summed E-state index contributed by atoms with van der Waals surface area (Å²) in [6, 6.07) is 4.51. The molecule has 3 aliphatic rings. The average molecular weight is 289 g/mol. The lowest BCUT2D eigenvalue weighted by Gasteiger charge is -2.43. The highest BCUT2D eigenvalue weighted by Crippen LogP contribution is 2.44. The molecule has 21 heavy (non-hydrogen) atoms. The summed E-state index contributed by atoms with van der Waals surface area (Å²) in [5.74, 6) is 2.39. The smallest absolute Gasteiger partial charge is 0.231 e. The van der Waals surface area contributed by atoms with E-state index in [1.54, 1.807) is 0 Å². The maximum atomic E-state index is 11.2. The van der Waals surface area contributed by atoms with Crippen LogP contribution in [0.4, 0.5) is 0 Å². The van der Waals surface area contributed by atoms with E-state index < -0.39 is 0 Å². The molecule has 0 spiro atoms. The number of likely N-dealkylation sites (tertiary alicyclic amines) is 1. The molecular weight excluding hydrogens is 266 g/mol. The Morgan fingerprint density at radius 1 is 1.24 bits per heavy atom. The van der Waals surface area contributed by atoms with Crippen LogP contribution in [0.25, 0.3) is 0 Å². The number of fused-ring (bicyclic) bond motifs is 4. The lowest BCUT2D eigenvalue weighted by atomic mass is 9.75. The third kappa shape index (κ3) is 2.37. The number of hydrogen-bond donors (Lipinski definition) is 0. The molecule has 2 aliphatic heterocycles. The van der Waals surface area contributed by atoms with Crippen molar-refractivity contribution < 1.29 is 14.3 Å². The highest BCUT2D eigenvalue weighted by molar-refractivity contribution is 5.55. The molecule has 1 aromatic rings. The summed E-state index contributed by atoms with van der Waals surface area (Å²) in [7, 11) is 0. The molecule has 4 nitrogen and oxygen atoms in total. The molecule has 1 fully saturated rings. The van der Waals surface area contributed by atoms with E-state index in [1.165, 1.54) is 17.5 Å². The van der Waals surface area contributed by atoms with Crippen LogP contribution >= 0.6 is 0 Å². The minimum atomic E-state index is 0.334. The van der Waals surface area contributed by atoms with E-state index in [0.29, 0.717) is 18.8 Å². The monoisotopic (exact) mass is 289 g/mol. The lowest BCUT2D eigenvalue weighted by Crippen LogP contribution is -2.48. The van der Waals surface area contributed by atoms with E-state index in [-0.39, 0.29) is 0 Å². The Bertz CT molecular complexity index is 529. The maximum absolute atomic E-state index is 11.2. The van der Waals surface area contributed by atoms with Gasteiger partial charge in [0.05, 0.1) is 0 Å². The van der Waals surface area contributed by atoms with Crippen LogP contribution in [0.5, 0.6) is 11.5 Å². The van der Waals surface area contributed by atoms with E-state index in [2.05, 4.69) is 6.07 Å². The standard InChI is InChI=1S/C15H17NO3.C2H6/c17-8-16-5-1-2-11-6-12-10(7-13(11)16)3-4-14-15(12)19-9-18-14;1-2/h3-4,8,11,13H,1-2,5-7,9H2;1-2H3. The summed E-state index contributed by atoms with van der Waals surface area (Å²) in [6.07, 6.45) is 5.31. The van der Waals surface area contributed by atoms with Gasteiger partial charge in [0.2, 0.25) is 13.2 Å². The number of nitrogens with zero attached hydrogens (tertiary/aromatic N) is 1. The fourth-order valence-electron chi connectivity index (χ4n) is 3.79. The molecule has 4 rings (SSSR count). The van der Waals surface area contributed by atoms with Gasteiger partial charge in [0.15, 0.2) is 11.5 Å². The molecular formula is C17H23NO3. The summed E-state index contributed by atoms with van der Waals surface area (Å²) in [4.78, 5) is 13.2. The molecule has 4 heteroatoms. The summed E-state index contributed by atoms with van der Waals surface area (Å²) in [5, 5.41) is 0. The zero-order valence-electron chi connectivity index (χ0n) is 12.8. The molecule has 0 radical (unpaired) electrons. The number of hydrogen-bond acceptors (Lipinski definition) is 3. The van der Waals surface area contributed by atoms with Crippen LogP contribution in [0.2, 0.25) is 0 Å².